The first kappa shape index (κ1) is 16.5. The molecule has 4 nitrogen and oxygen atoms in total. The number of carbonyl (C=O) groups is 1. The van der Waals surface area contributed by atoms with Crippen molar-refractivity contribution >= 4 is 23.2 Å². The largest absolute Gasteiger partial charge is 0.384 e. The quantitative estimate of drug-likeness (QED) is 0.820. The van der Waals surface area contributed by atoms with Gasteiger partial charge >= 0.3 is 0 Å². The maximum atomic E-state index is 11.9. The van der Waals surface area contributed by atoms with Crippen LogP contribution in [0.3, 0.4) is 0 Å². The molecular formula is C15H18ClNO3. The van der Waals surface area contributed by atoms with Crippen LogP contribution in [0.1, 0.15) is 18.9 Å². The summed E-state index contributed by atoms with van der Waals surface area (Å²) in [4.78, 5) is 11.9. The van der Waals surface area contributed by atoms with Crippen molar-refractivity contribution in [3.05, 3.63) is 28.8 Å². The molecule has 1 unspecified atom stereocenters. The molecule has 1 aromatic carbocycles. The molecule has 1 aromatic rings. The van der Waals surface area contributed by atoms with Gasteiger partial charge in [-0.05, 0) is 24.1 Å². The van der Waals surface area contributed by atoms with Crippen LogP contribution >= 0.6 is 11.6 Å². The lowest BCUT2D eigenvalue weighted by Gasteiger charge is -2.11. The molecule has 0 aliphatic heterocycles. The van der Waals surface area contributed by atoms with Crippen molar-refractivity contribution in [3.8, 4) is 11.8 Å². The predicted octanol–water partition coefficient (Wildman–Crippen LogP) is 2.29. The van der Waals surface area contributed by atoms with E-state index in [4.69, 9.17) is 21.4 Å². The first-order valence-corrected chi connectivity index (χ1v) is 6.62. The Bertz CT molecular complexity index is 520. The van der Waals surface area contributed by atoms with Crippen molar-refractivity contribution in [2.24, 2.45) is 5.92 Å². The van der Waals surface area contributed by atoms with Gasteiger partial charge in [0.05, 0.1) is 5.69 Å². The van der Waals surface area contributed by atoms with E-state index in [1.807, 2.05) is 6.92 Å². The van der Waals surface area contributed by atoms with Crippen LogP contribution in [0.4, 0.5) is 5.69 Å². The molecule has 108 valence electrons. The van der Waals surface area contributed by atoms with E-state index in [1.54, 1.807) is 25.3 Å². The summed E-state index contributed by atoms with van der Waals surface area (Å²) in [6.45, 7) is 2.23. The van der Waals surface area contributed by atoms with Gasteiger partial charge in [0.25, 0.3) is 0 Å². The predicted molar refractivity (Wildman–Crippen MR) is 79.7 cm³/mol. The minimum absolute atomic E-state index is 0.107. The average molecular weight is 296 g/mol. The highest BCUT2D eigenvalue weighted by Crippen LogP contribution is 2.20. The smallest absolute Gasteiger partial charge is 0.224 e. The first-order chi connectivity index (χ1) is 9.56. The standard InChI is InChI=1S/C15H18ClNO3/c1-11(10-20-2)8-15(19)17-14-6-5-13(16)9-12(14)4-3-7-18/h5-6,9,11,18H,7-8,10H2,1-2H3,(H,17,19). The molecule has 0 bridgehead atoms. The molecule has 1 atom stereocenters. The minimum Gasteiger partial charge on any atom is -0.384 e. The van der Waals surface area contributed by atoms with E-state index in [0.29, 0.717) is 29.3 Å². The third-order valence-corrected chi connectivity index (χ3v) is 2.78. The van der Waals surface area contributed by atoms with Gasteiger partial charge in [0.15, 0.2) is 0 Å². The van der Waals surface area contributed by atoms with E-state index in [1.165, 1.54) is 0 Å². The van der Waals surface area contributed by atoms with E-state index in [-0.39, 0.29) is 18.4 Å². The zero-order valence-corrected chi connectivity index (χ0v) is 12.3. The summed E-state index contributed by atoms with van der Waals surface area (Å²) in [5.74, 6) is 5.34. The second kappa shape index (κ2) is 8.60. The zero-order valence-electron chi connectivity index (χ0n) is 11.6. The molecule has 0 heterocycles. The molecule has 0 spiro atoms. The number of benzene rings is 1. The van der Waals surface area contributed by atoms with Gasteiger partial charge < -0.3 is 15.2 Å². The molecule has 0 saturated carbocycles. The highest BCUT2D eigenvalue weighted by Gasteiger charge is 2.11. The Hall–Kier alpha value is -1.54. The minimum atomic E-state index is -0.245. The van der Waals surface area contributed by atoms with Gasteiger partial charge in [-0.25, -0.2) is 0 Å². The third kappa shape index (κ3) is 5.62. The molecule has 2 N–H and O–H groups in total. The summed E-state index contributed by atoms with van der Waals surface area (Å²) >= 11 is 5.90. The molecule has 5 heteroatoms. The first-order valence-electron chi connectivity index (χ1n) is 6.25. The number of halogens is 1. The monoisotopic (exact) mass is 295 g/mol. The van der Waals surface area contributed by atoms with Crippen LogP contribution < -0.4 is 5.32 Å². The van der Waals surface area contributed by atoms with Crippen LogP contribution in [-0.4, -0.2) is 31.3 Å². The molecule has 0 radical (unpaired) electrons. The van der Waals surface area contributed by atoms with Crippen molar-refractivity contribution in [3.63, 3.8) is 0 Å². The fourth-order valence-corrected chi connectivity index (χ4v) is 1.90. The average Bonchev–Trinajstić information content (AvgIpc) is 2.39. The van der Waals surface area contributed by atoms with Gasteiger partial charge in [0.2, 0.25) is 5.91 Å². The van der Waals surface area contributed by atoms with Gasteiger partial charge in [0.1, 0.15) is 6.61 Å². The summed E-state index contributed by atoms with van der Waals surface area (Å²) in [6.07, 6.45) is 0.364. The Morgan fingerprint density at radius 3 is 2.95 bits per heavy atom. The maximum Gasteiger partial charge on any atom is 0.224 e. The van der Waals surface area contributed by atoms with Crippen molar-refractivity contribution < 1.29 is 14.6 Å². The number of anilines is 1. The van der Waals surface area contributed by atoms with Gasteiger partial charge in [-0.1, -0.05) is 30.4 Å². The van der Waals surface area contributed by atoms with Crippen LogP contribution in [0.15, 0.2) is 18.2 Å². The van der Waals surface area contributed by atoms with Crippen molar-refractivity contribution in [2.45, 2.75) is 13.3 Å². The Morgan fingerprint density at radius 1 is 1.55 bits per heavy atom. The number of carbonyl (C=O) groups excluding carboxylic acids is 1. The molecule has 1 rings (SSSR count). The molecule has 0 aliphatic carbocycles. The number of hydrogen-bond donors (Lipinski definition) is 2. The topological polar surface area (TPSA) is 58.6 Å². The second-order valence-electron chi connectivity index (χ2n) is 4.46. The lowest BCUT2D eigenvalue weighted by molar-refractivity contribution is -0.117. The number of aliphatic hydroxyl groups is 1. The summed E-state index contributed by atoms with van der Waals surface area (Å²) in [5.41, 5.74) is 1.17. The normalized spacial score (nSPS) is 11.4. The van der Waals surface area contributed by atoms with Gasteiger partial charge in [-0.3, -0.25) is 4.79 Å². The summed E-state index contributed by atoms with van der Waals surface area (Å²) in [5, 5.41) is 12.1. The Labute approximate surface area is 124 Å². The highest BCUT2D eigenvalue weighted by atomic mass is 35.5. The SMILES string of the molecule is COCC(C)CC(=O)Nc1ccc(Cl)cc1C#CCO. The molecule has 0 aromatic heterocycles. The van der Waals surface area contributed by atoms with E-state index in [9.17, 15) is 4.79 Å². The van der Waals surface area contributed by atoms with Crippen LogP contribution in [0.25, 0.3) is 0 Å². The number of nitrogens with one attached hydrogen (secondary N) is 1. The number of ether oxygens (including phenoxy) is 1. The van der Waals surface area contributed by atoms with Crippen LogP contribution in [0, 0.1) is 17.8 Å². The second-order valence-corrected chi connectivity index (χ2v) is 4.90. The fourth-order valence-electron chi connectivity index (χ4n) is 1.72. The fraction of sp³-hybridized carbons (Fsp3) is 0.400. The van der Waals surface area contributed by atoms with E-state index < -0.39 is 0 Å². The number of hydrogen-bond acceptors (Lipinski definition) is 3. The van der Waals surface area contributed by atoms with E-state index in [2.05, 4.69) is 17.2 Å². The number of rotatable bonds is 5. The molecular weight excluding hydrogens is 278 g/mol. The van der Waals surface area contributed by atoms with E-state index in [0.717, 1.165) is 0 Å². The lowest BCUT2D eigenvalue weighted by atomic mass is 10.1. The van der Waals surface area contributed by atoms with Gasteiger partial charge in [-0.2, -0.15) is 0 Å². The summed E-state index contributed by atoms with van der Waals surface area (Å²) in [6, 6.07) is 5.03. The number of aliphatic hydroxyl groups excluding tert-OH is 1. The molecule has 0 saturated heterocycles. The molecule has 20 heavy (non-hydrogen) atoms. The number of methoxy groups -OCH3 is 1. The highest BCUT2D eigenvalue weighted by molar-refractivity contribution is 6.30. The Kier molecular flexibility index (Phi) is 7.10. The molecule has 0 aliphatic rings. The van der Waals surface area contributed by atoms with Crippen molar-refractivity contribution in [2.75, 3.05) is 25.6 Å². The molecule has 0 fully saturated rings. The van der Waals surface area contributed by atoms with Crippen LogP contribution in [0.5, 0.6) is 0 Å². The van der Waals surface area contributed by atoms with E-state index >= 15 is 0 Å². The van der Waals surface area contributed by atoms with Gasteiger partial charge in [-0.15, -0.1) is 0 Å². The number of amides is 1. The zero-order chi connectivity index (χ0) is 15.0. The molecule has 1 amide bonds. The Morgan fingerprint density at radius 2 is 2.30 bits per heavy atom. The van der Waals surface area contributed by atoms with Crippen LogP contribution in [0.2, 0.25) is 5.02 Å². The van der Waals surface area contributed by atoms with Gasteiger partial charge in [0, 0.05) is 30.7 Å². The summed E-state index contributed by atoms with van der Waals surface area (Å²) < 4.78 is 5.00. The third-order valence-electron chi connectivity index (χ3n) is 2.54. The van der Waals surface area contributed by atoms with Crippen LogP contribution in [-0.2, 0) is 9.53 Å². The summed E-state index contributed by atoms with van der Waals surface area (Å²) in [7, 11) is 1.61. The Balaban J connectivity index is 2.78. The van der Waals surface area contributed by atoms with Crippen molar-refractivity contribution in [1.82, 2.24) is 0 Å². The maximum absolute atomic E-state index is 11.9. The van der Waals surface area contributed by atoms with Crippen molar-refractivity contribution in [1.29, 1.82) is 0 Å². The lowest BCUT2D eigenvalue weighted by Crippen LogP contribution is -2.18.